The highest BCUT2D eigenvalue weighted by molar-refractivity contribution is 9.10. The zero-order chi connectivity index (χ0) is 19.8. The summed E-state index contributed by atoms with van der Waals surface area (Å²) in [6.45, 7) is 0.445. The van der Waals surface area contributed by atoms with E-state index in [4.69, 9.17) is 16.3 Å². The predicted molar refractivity (Wildman–Crippen MR) is 116 cm³/mol. The highest BCUT2D eigenvalue weighted by atomic mass is 79.9. The first-order valence-electron chi connectivity index (χ1n) is 8.63. The van der Waals surface area contributed by atoms with Gasteiger partial charge in [0, 0.05) is 15.1 Å². The number of ether oxygens (including phenoxy) is 1. The first kappa shape index (κ1) is 20.1. The molecule has 28 heavy (non-hydrogen) atoms. The maximum Gasteiger partial charge on any atom is 0.244 e. The van der Waals surface area contributed by atoms with Gasteiger partial charge in [0.05, 0.1) is 12.6 Å². The Labute approximate surface area is 177 Å². The minimum absolute atomic E-state index is 0.202. The molecule has 4 nitrogen and oxygen atoms in total. The average Bonchev–Trinajstić information content (AvgIpc) is 2.70. The molecule has 3 rings (SSSR count). The van der Waals surface area contributed by atoms with Crippen LogP contribution in [0.15, 0.2) is 82.4 Å². The quantitative estimate of drug-likeness (QED) is 0.383. The number of benzene rings is 3. The van der Waals surface area contributed by atoms with Crippen molar-refractivity contribution in [1.29, 1.82) is 0 Å². The largest absolute Gasteiger partial charge is 0.488 e. The summed E-state index contributed by atoms with van der Waals surface area (Å²) < 4.78 is 6.92. The van der Waals surface area contributed by atoms with Crippen LogP contribution in [0.1, 0.15) is 16.7 Å². The first-order chi connectivity index (χ1) is 13.6. The van der Waals surface area contributed by atoms with Crippen molar-refractivity contribution in [2.45, 2.75) is 13.0 Å². The van der Waals surface area contributed by atoms with E-state index in [-0.39, 0.29) is 12.3 Å². The highest BCUT2D eigenvalue weighted by Gasteiger charge is 2.04. The highest BCUT2D eigenvalue weighted by Crippen LogP contribution is 2.18. The van der Waals surface area contributed by atoms with Gasteiger partial charge in [0.2, 0.25) is 5.91 Å². The zero-order valence-corrected chi connectivity index (χ0v) is 17.3. The van der Waals surface area contributed by atoms with Gasteiger partial charge in [0.25, 0.3) is 0 Å². The van der Waals surface area contributed by atoms with Crippen molar-refractivity contribution in [2.75, 3.05) is 0 Å². The lowest BCUT2D eigenvalue weighted by molar-refractivity contribution is -0.120. The molecule has 3 aromatic carbocycles. The summed E-state index contributed by atoms with van der Waals surface area (Å²) in [5.74, 6) is 0.493. The molecule has 0 atom stereocenters. The number of carbonyl (C=O) groups is 1. The zero-order valence-electron chi connectivity index (χ0n) is 14.9. The number of amides is 1. The molecule has 0 fully saturated rings. The Morgan fingerprint density at radius 2 is 1.68 bits per heavy atom. The van der Waals surface area contributed by atoms with Crippen LogP contribution in [0.2, 0.25) is 5.02 Å². The molecule has 0 bridgehead atoms. The van der Waals surface area contributed by atoms with Crippen LogP contribution in [0.5, 0.6) is 5.75 Å². The minimum atomic E-state index is -0.202. The minimum Gasteiger partial charge on any atom is -0.488 e. The molecular formula is C22H18BrClN2O2. The molecule has 0 aliphatic rings. The van der Waals surface area contributed by atoms with E-state index >= 15 is 0 Å². The van der Waals surface area contributed by atoms with Crippen LogP contribution in [-0.4, -0.2) is 12.1 Å². The molecule has 0 aromatic heterocycles. The molecule has 142 valence electrons. The molecule has 0 unspecified atom stereocenters. The van der Waals surface area contributed by atoms with Gasteiger partial charge in [-0.1, -0.05) is 63.9 Å². The van der Waals surface area contributed by atoms with Gasteiger partial charge in [-0.25, -0.2) is 5.43 Å². The van der Waals surface area contributed by atoms with E-state index in [1.807, 2.05) is 60.7 Å². The molecule has 0 heterocycles. The third kappa shape index (κ3) is 6.22. The SMILES string of the molecule is O=C(Cc1ccc(Cl)cc1)N/N=C\c1ccccc1OCc1ccc(Br)cc1. The number of hydrogen-bond acceptors (Lipinski definition) is 3. The molecule has 1 amide bonds. The first-order valence-corrected chi connectivity index (χ1v) is 9.80. The third-order valence-corrected chi connectivity index (χ3v) is 4.68. The number of hydrazone groups is 1. The summed E-state index contributed by atoms with van der Waals surface area (Å²) in [7, 11) is 0. The van der Waals surface area contributed by atoms with Gasteiger partial charge >= 0.3 is 0 Å². The third-order valence-electron chi connectivity index (χ3n) is 3.90. The van der Waals surface area contributed by atoms with Crippen LogP contribution in [0, 0.1) is 0 Å². The Morgan fingerprint density at radius 1 is 1.00 bits per heavy atom. The fourth-order valence-electron chi connectivity index (χ4n) is 2.46. The Bertz CT molecular complexity index is 957. The van der Waals surface area contributed by atoms with Gasteiger partial charge in [-0.05, 0) is 47.5 Å². The monoisotopic (exact) mass is 456 g/mol. The fraction of sp³-hybridized carbons (Fsp3) is 0.0909. The Balaban J connectivity index is 1.56. The molecular weight excluding hydrogens is 440 g/mol. The second kappa shape index (κ2) is 10.1. The molecule has 0 saturated carbocycles. The maximum absolute atomic E-state index is 12.0. The summed E-state index contributed by atoms with van der Waals surface area (Å²) >= 11 is 9.27. The van der Waals surface area contributed by atoms with Gasteiger partial charge in [0.1, 0.15) is 12.4 Å². The molecule has 0 aliphatic carbocycles. The maximum atomic E-state index is 12.0. The van der Waals surface area contributed by atoms with Gasteiger partial charge in [0.15, 0.2) is 0 Å². The molecule has 0 spiro atoms. The topological polar surface area (TPSA) is 50.7 Å². The number of nitrogens with zero attached hydrogens (tertiary/aromatic N) is 1. The normalized spacial score (nSPS) is 10.8. The Hall–Kier alpha value is -2.63. The van der Waals surface area contributed by atoms with Crippen molar-refractivity contribution in [3.05, 3.63) is 99.0 Å². The van der Waals surface area contributed by atoms with Gasteiger partial charge in [-0.15, -0.1) is 0 Å². The van der Waals surface area contributed by atoms with E-state index in [0.29, 0.717) is 17.4 Å². The summed E-state index contributed by atoms with van der Waals surface area (Å²) in [5.41, 5.74) is 5.25. The Morgan fingerprint density at radius 3 is 2.43 bits per heavy atom. The average molecular weight is 458 g/mol. The fourth-order valence-corrected chi connectivity index (χ4v) is 2.85. The van der Waals surface area contributed by atoms with E-state index < -0.39 is 0 Å². The van der Waals surface area contributed by atoms with Gasteiger partial charge in [-0.3, -0.25) is 4.79 Å². The van der Waals surface area contributed by atoms with Crippen molar-refractivity contribution >= 4 is 39.7 Å². The van der Waals surface area contributed by atoms with Crippen LogP contribution in [-0.2, 0) is 17.8 Å². The van der Waals surface area contributed by atoms with Crippen molar-refractivity contribution in [3.63, 3.8) is 0 Å². The number of hydrogen-bond donors (Lipinski definition) is 1. The number of para-hydroxylation sites is 1. The summed E-state index contributed by atoms with van der Waals surface area (Å²) in [6, 6.07) is 22.6. The summed E-state index contributed by atoms with van der Waals surface area (Å²) in [6.07, 6.45) is 1.81. The van der Waals surface area contributed by atoms with Crippen LogP contribution in [0.3, 0.4) is 0 Å². The second-order valence-electron chi connectivity index (χ2n) is 6.05. The number of rotatable bonds is 7. The molecule has 1 N–H and O–H groups in total. The Kier molecular flexibility index (Phi) is 7.23. The smallest absolute Gasteiger partial charge is 0.244 e. The molecule has 0 aliphatic heterocycles. The van der Waals surface area contributed by atoms with E-state index in [1.165, 1.54) is 0 Å². The lowest BCUT2D eigenvalue weighted by Gasteiger charge is -2.09. The molecule has 0 saturated heterocycles. The number of halogens is 2. The second-order valence-corrected chi connectivity index (χ2v) is 7.40. The van der Waals surface area contributed by atoms with Gasteiger partial charge in [-0.2, -0.15) is 5.10 Å². The standard InChI is InChI=1S/C22H18BrClN2O2/c23-19-9-5-17(6-10-19)15-28-21-4-2-1-3-18(21)14-25-26-22(27)13-16-7-11-20(24)12-8-16/h1-12,14H,13,15H2,(H,26,27)/b25-14-. The van der Waals surface area contributed by atoms with E-state index in [2.05, 4.69) is 26.5 Å². The predicted octanol–water partition coefficient (Wildman–Crippen LogP) is 5.37. The molecule has 6 heteroatoms. The van der Waals surface area contributed by atoms with Crippen LogP contribution < -0.4 is 10.2 Å². The summed E-state index contributed by atoms with van der Waals surface area (Å²) in [5, 5.41) is 4.69. The number of nitrogens with one attached hydrogen (secondary N) is 1. The van der Waals surface area contributed by atoms with Gasteiger partial charge < -0.3 is 4.74 Å². The molecule has 3 aromatic rings. The molecule has 0 radical (unpaired) electrons. The van der Waals surface area contributed by atoms with Crippen molar-refractivity contribution in [1.82, 2.24) is 5.43 Å². The van der Waals surface area contributed by atoms with Crippen LogP contribution >= 0.6 is 27.5 Å². The summed E-state index contributed by atoms with van der Waals surface area (Å²) in [4.78, 5) is 12.0. The van der Waals surface area contributed by atoms with Crippen molar-refractivity contribution < 1.29 is 9.53 Å². The van der Waals surface area contributed by atoms with Crippen molar-refractivity contribution in [3.8, 4) is 5.75 Å². The number of carbonyl (C=O) groups excluding carboxylic acids is 1. The lowest BCUT2D eigenvalue weighted by Crippen LogP contribution is -2.19. The van der Waals surface area contributed by atoms with Crippen LogP contribution in [0.25, 0.3) is 0 Å². The van der Waals surface area contributed by atoms with E-state index in [1.54, 1.807) is 18.3 Å². The van der Waals surface area contributed by atoms with Crippen molar-refractivity contribution in [2.24, 2.45) is 5.10 Å². The van der Waals surface area contributed by atoms with Crippen LogP contribution in [0.4, 0.5) is 0 Å². The van der Waals surface area contributed by atoms with E-state index in [0.717, 1.165) is 21.2 Å². The van der Waals surface area contributed by atoms with E-state index in [9.17, 15) is 4.79 Å². The lowest BCUT2D eigenvalue weighted by atomic mass is 10.1.